The maximum atomic E-state index is 11.8. The lowest BCUT2D eigenvalue weighted by atomic mass is 10.2. The molecule has 98 valence electrons. The molecule has 1 amide bonds. The van der Waals surface area contributed by atoms with Crippen LogP contribution in [0.3, 0.4) is 0 Å². The molecule has 0 atom stereocenters. The number of amides is 1. The van der Waals surface area contributed by atoms with Crippen LogP contribution in [0.15, 0.2) is 0 Å². The molecular weight excluding hydrogens is 214 g/mol. The summed E-state index contributed by atoms with van der Waals surface area (Å²) in [4.78, 5) is 13.8. The highest BCUT2D eigenvalue weighted by Gasteiger charge is 2.15. The van der Waals surface area contributed by atoms with Gasteiger partial charge in [0.15, 0.2) is 0 Å². The van der Waals surface area contributed by atoms with Crippen LogP contribution in [0.25, 0.3) is 0 Å². The molecule has 1 N–H and O–H groups in total. The molecule has 0 rings (SSSR count). The van der Waals surface area contributed by atoms with E-state index in [1.165, 1.54) is 0 Å². The standard InChI is InChI=1S/C13H25N3O/c1-5-12(6-2)15-13(17)10-16(11(3)4)9-7-8-14/h11-12H,5-7,9-10H2,1-4H3,(H,15,17). The van der Waals surface area contributed by atoms with Gasteiger partial charge >= 0.3 is 0 Å². The molecule has 0 aliphatic carbocycles. The Morgan fingerprint density at radius 1 is 1.35 bits per heavy atom. The SMILES string of the molecule is CCC(CC)NC(=O)CN(CCC#N)C(C)C. The molecule has 0 radical (unpaired) electrons. The Bertz CT molecular complexity index is 254. The average molecular weight is 239 g/mol. The fraction of sp³-hybridized carbons (Fsp3) is 0.846. The monoisotopic (exact) mass is 239 g/mol. The maximum Gasteiger partial charge on any atom is 0.234 e. The number of carbonyl (C=O) groups is 1. The molecule has 0 aliphatic heterocycles. The molecular formula is C13H25N3O. The second-order valence-electron chi connectivity index (χ2n) is 4.55. The summed E-state index contributed by atoms with van der Waals surface area (Å²) in [6.45, 7) is 9.28. The zero-order chi connectivity index (χ0) is 13.3. The lowest BCUT2D eigenvalue weighted by Crippen LogP contribution is -2.44. The molecule has 0 aliphatic rings. The summed E-state index contributed by atoms with van der Waals surface area (Å²) in [5.74, 6) is 0.0605. The number of hydrogen-bond donors (Lipinski definition) is 1. The molecule has 0 unspecified atom stereocenters. The van der Waals surface area contributed by atoms with Gasteiger partial charge in [0.2, 0.25) is 5.91 Å². The fourth-order valence-corrected chi connectivity index (χ4v) is 1.66. The minimum absolute atomic E-state index is 0.0605. The van der Waals surface area contributed by atoms with E-state index in [9.17, 15) is 4.79 Å². The Labute approximate surface area is 105 Å². The Kier molecular flexibility index (Phi) is 8.43. The number of nitrogens with one attached hydrogen (secondary N) is 1. The van der Waals surface area contributed by atoms with E-state index in [4.69, 9.17) is 5.26 Å². The van der Waals surface area contributed by atoms with E-state index in [1.54, 1.807) is 0 Å². The molecule has 0 bridgehead atoms. The number of nitrogens with zero attached hydrogens (tertiary/aromatic N) is 2. The summed E-state index contributed by atoms with van der Waals surface area (Å²) in [6, 6.07) is 2.67. The van der Waals surface area contributed by atoms with Gasteiger partial charge in [0.05, 0.1) is 12.6 Å². The highest BCUT2D eigenvalue weighted by Crippen LogP contribution is 2.01. The van der Waals surface area contributed by atoms with Crippen molar-refractivity contribution in [2.24, 2.45) is 0 Å². The quantitative estimate of drug-likeness (QED) is 0.704. The molecule has 0 aromatic carbocycles. The van der Waals surface area contributed by atoms with Gasteiger partial charge in [-0.2, -0.15) is 5.26 Å². The van der Waals surface area contributed by atoms with Gasteiger partial charge < -0.3 is 5.32 Å². The van der Waals surface area contributed by atoms with Crippen LogP contribution in [-0.2, 0) is 4.79 Å². The van der Waals surface area contributed by atoms with Crippen molar-refractivity contribution < 1.29 is 4.79 Å². The highest BCUT2D eigenvalue weighted by molar-refractivity contribution is 5.78. The number of nitriles is 1. The summed E-state index contributed by atoms with van der Waals surface area (Å²) in [7, 11) is 0. The topological polar surface area (TPSA) is 56.1 Å². The molecule has 0 saturated heterocycles. The van der Waals surface area contributed by atoms with Crippen LogP contribution >= 0.6 is 0 Å². The molecule has 0 aromatic heterocycles. The van der Waals surface area contributed by atoms with E-state index in [0.717, 1.165) is 12.8 Å². The van der Waals surface area contributed by atoms with Gasteiger partial charge in [0.25, 0.3) is 0 Å². The van der Waals surface area contributed by atoms with Crippen molar-refractivity contribution >= 4 is 5.91 Å². The third kappa shape index (κ3) is 6.96. The van der Waals surface area contributed by atoms with Crippen LogP contribution in [0.5, 0.6) is 0 Å². The van der Waals surface area contributed by atoms with Crippen LogP contribution in [0, 0.1) is 11.3 Å². The van der Waals surface area contributed by atoms with Crippen molar-refractivity contribution in [3.63, 3.8) is 0 Å². The normalized spacial score (nSPS) is 10.9. The summed E-state index contributed by atoms with van der Waals surface area (Å²) in [5, 5.41) is 11.6. The first kappa shape index (κ1) is 15.9. The summed E-state index contributed by atoms with van der Waals surface area (Å²) in [6.07, 6.45) is 2.39. The molecule has 0 saturated carbocycles. The van der Waals surface area contributed by atoms with E-state index in [-0.39, 0.29) is 18.0 Å². The first-order chi connectivity index (χ1) is 8.04. The van der Waals surface area contributed by atoms with E-state index < -0.39 is 0 Å². The third-order valence-electron chi connectivity index (χ3n) is 2.94. The summed E-state index contributed by atoms with van der Waals surface area (Å²) in [5.41, 5.74) is 0. The van der Waals surface area contributed by atoms with Crippen LogP contribution < -0.4 is 5.32 Å². The first-order valence-corrected chi connectivity index (χ1v) is 6.45. The molecule has 4 nitrogen and oxygen atoms in total. The van der Waals surface area contributed by atoms with Gasteiger partial charge in [-0.1, -0.05) is 13.8 Å². The fourth-order valence-electron chi connectivity index (χ4n) is 1.66. The zero-order valence-electron chi connectivity index (χ0n) is 11.5. The van der Waals surface area contributed by atoms with Gasteiger partial charge in [-0.3, -0.25) is 9.69 Å². The Balaban J connectivity index is 4.16. The predicted molar refractivity (Wildman–Crippen MR) is 69.5 cm³/mol. The predicted octanol–water partition coefficient (Wildman–Crippen LogP) is 1.92. The van der Waals surface area contributed by atoms with Crippen LogP contribution in [-0.4, -0.2) is 36.0 Å². The van der Waals surface area contributed by atoms with E-state index >= 15 is 0 Å². The molecule has 4 heteroatoms. The number of carbonyl (C=O) groups excluding carboxylic acids is 1. The van der Waals surface area contributed by atoms with Crippen molar-refractivity contribution in [1.29, 1.82) is 5.26 Å². The average Bonchev–Trinajstić information content (AvgIpc) is 2.30. The van der Waals surface area contributed by atoms with Crippen molar-refractivity contribution in [2.75, 3.05) is 13.1 Å². The number of rotatable bonds is 8. The minimum atomic E-state index is 0.0605. The maximum absolute atomic E-state index is 11.8. The van der Waals surface area contributed by atoms with Gasteiger partial charge in [0, 0.05) is 25.0 Å². The summed E-state index contributed by atoms with van der Waals surface area (Å²) >= 11 is 0. The first-order valence-electron chi connectivity index (χ1n) is 6.45. The smallest absolute Gasteiger partial charge is 0.234 e. The van der Waals surface area contributed by atoms with Gasteiger partial charge in [-0.15, -0.1) is 0 Å². The van der Waals surface area contributed by atoms with Crippen LogP contribution in [0.4, 0.5) is 0 Å². The molecule has 0 spiro atoms. The van der Waals surface area contributed by atoms with E-state index in [0.29, 0.717) is 19.5 Å². The van der Waals surface area contributed by atoms with Crippen molar-refractivity contribution in [3.8, 4) is 6.07 Å². The Morgan fingerprint density at radius 3 is 2.35 bits per heavy atom. The molecule has 17 heavy (non-hydrogen) atoms. The second-order valence-corrected chi connectivity index (χ2v) is 4.55. The van der Waals surface area contributed by atoms with Crippen LogP contribution in [0.2, 0.25) is 0 Å². The van der Waals surface area contributed by atoms with Gasteiger partial charge in [0.1, 0.15) is 0 Å². The summed E-state index contributed by atoms with van der Waals surface area (Å²) < 4.78 is 0. The molecule has 0 fully saturated rings. The minimum Gasteiger partial charge on any atom is -0.352 e. The van der Waals surface area contributed by atoms with Crippen LogP contribution in [0.1, 0.15) is 47.0 Å². The lowest BCUT2D eigenvalue weighted by molar-refractivity contribution is -0.123. The molecule has 0 heterocycles. The van der Waals surface area contributed by atoms with E-state index in [1.807, 2.05) is 18.7 Å². The largest absolute Gasteiger partial charge is 0.352 e. The van der Waals surface area contributed by atoms with Crippen molar-refractivity contribution in [3.05, 3.63) is 0 Å². The Hall–Kier alpha value is -1.08. The van der Waals surface area contributed by atoms with Crippen molar-refractivity contribution in [1.82, 2.24) is 10.2 Å². The zero-order valence-corrected chi connectivity index (χ0v) is 11.5. The lowest BCUT2D eigenvalue weighted by Gasteiger charge is -2.25. The Morgan fingerprint density at radius 2 is 1.94 bits per heavy atom. The third-order valence-corrected chi connectivity index (χ3v) is 2.94. The van der Waals surface area contributed by atoms with Gasteiger partial charge in [-0.25, -0.2) is 0 Å². The highest BCUT2D eigenvalue weighted by atomic mass is 16.2. The number of hydrogen-bond acceptors (Lipinski definition) is 3. The van der Waals surface area contributed by atoms with Gasteiger partial charge in [-0.05, 0) is 26.7 Å². The van der Waals surface area contributed by atoms with Crippen molar-refractivity contribution in [2.45, 2.75) is 59.0 Å². The molecule has 0 aromatic rings. The second kappa shape index (κ2) is 9.00. The van der Waals surface area contributed by atoms with E-state index in [2.05, 4.69) is 25.2 Å².